The Kier molecular flexibility index (Phi) is 4.96. The number of para-hydroxylation sites is 2. The predicted octanol–water partition coefficient (Wildman–Crippen LogP) is 5.80. The molecule has 4 heteroatoms. The van der Waals surface area contributed by atoms with Crippen molar-refractivity contribution in [3.8, 4) is 11.5 Å². The van der Waals surface area contributed by atoms with Gasteiger partial charge in [-0.05, 0) is 59.3 Å². The number of rotatable bonds is 4. The van der Waals surface area contributed by atoms with Crippen molar-refractivity contribution in [2.24, 2.45) is 0 Å². The molecule has 120 valence electrons. The van der Waals surface area contributed by atoms with Crippen LogP contribution in [0.15, 0.2) is 77.3 Å². The van der Waals surface area contributed by atoms with Crippen molar-refractivity contribution in [1.29, 1.82) is 0 Å². The summed E-state index contributed by atoms with van der Waals surface area (Å²) >= 11 is 3.40. The summed E-state index contributed by atoms with van der Waals surface area (Å²) in [4.78, 5) is 12.5. The molecule has 3 nitrogen and oxygen atoms in total. The average Bonchev–Trinajstić information content (AvgIpc) is 2.59. The average molecular weight is 382 g/mol. The molecule has 0 saturated carbocycles. The molecule has 0 heterocycles. The van der Waals surface area contributed by atoms with Crippen LogP contribution in [0.1, 0.15) is 15.9 Å². The molecule has 0 unspecified atom stereocenters. The molecule has 0 aliphatic rings. The highest BCUT2D eigenvalue weighted by atomic mass is 79.9. The van der Waals surface area contributed by atoms with Gasteiger partial charge < -0.3 is 10.1 Å². The molecule has 1 amide bonds. The van der Waals surface area contributed by atoms with Crippen LogP contribution in [0.25, 0.3) is 0 Å². The number of carbonyl (C=O) groups excluding carboxylic acids is 1. The maximum absolute atomic E-state index is 12.5. The second kappa shape index (κ2) is 7.32. The molecule has 0 saturated heterocycles. The first-order valence-corrected chi connectivity index (χ1v) is 8.32. The van der Waals surface area contributed by atoms with E-state index in [4.69, 9.17) is 4.74 Å². The molecule has 0 aliphatic carbocycles. The molecule has 3 rings (SSSR count). The molecule has 0 aromatic heterocycles. The van der Waals surface area contributed by atoms with Crippen molar-refractivity contribution < 1.29 is 9.53 Å². The van der Waals surface area contributed by atoms with Crippen LogP contribution < -0.4 is 10.1 Å². The normalized spacial score (nSPS) is 10.2. The molecule has 0 aliphatic heterocycles. The Hall–Kier alpha value is -2.59. The fourth-order valence-corrected chi connectivity index (χ4v) is 2.69. The lowest BCUT2D eigenvalue weighted by atomic mass is 10.2. The highest BCUT2D eigenvalue weighted by Gasteiger charge is 2.12. The van der Waals surface area contributed by atoms with E-state index in [1.54, 1.807) is 6.07 Å². The van der Waals surface area contributed by atoms with Crippen LogP contribution in [0, 0.1) is 6.92 Å². The maximum atomic E-state index is 12.5. The molecule has 24 heavy (non-hydrogen) atoms. The van der Waals surface area contributed by atoms with Crippen molar-refractivity contribution in [1.82, 2.24) is 0 Å². The Morgan fingerprint density at radius 2 is 1.58 bits per heavy atom. The van der Waals surface area contributed by atoms with Gasteiger partial charge in [0.05, 0.1) is 11.3 Å². The minimum Gasteiger partial charge on any atom is -0.455 e. The summed E-state index contributed by atoms with van der Waals surface area (Å²) in [6.07, 6.45) is 0. The van der Waals surface area contributed by atoms with E-state index in [9.17, 15) is 4.79 Å². The van der Waals surface area contributed by atoms with Crippen LogP contribution in [0.3, 0.4) is 0 Å². The number of nitrogens with one attached hydrogen (secondary N) is 1. The number of anilines is 1. The molecular weight excluding hydrogens is 366 g/mol. The molecular formula is C20H16BrNO2. The van der Waals surface area contributed by atoms with E-state index >= 15 is 0 Å². The number of hydrogen-bond acceptors (Lipinski definition) is 2. The van der Waals surface area contributed by atoms with Crippen LogP contribution in [0.2, 0.25) is 0 Å². The quantitative estimate of drug-likeness (QED) is 0.619. The summed E-state index contributed by atoms with van der Waals surface area (Å²) in [6, 6.07) is 22.5. The van der Waals surface area contributed by atoms with Gasteiger partial charge in [-0.15, -0.1) is 0 Å². The van der Waals surface area contributed by atoms with Gasteiger partial charge in [0.2, 0.25) is 0 Å². The Morgan fingerprint density at radius 3 is 2.33 bits per heavy atom. The monoisotopic (exact) mass is 381 g/mol. The smallest absolute Gasteiger partial charge is 0.256 e. The van der Waals surface area contributed by atoms with E-state index in [1.807, 2.05) is 73.7 Å². The number of ether oxygens (including phenoxy) is 1. The molecule has 1 N–H and O–H groups in total. The molecule has 0 spiro atoms. The van der Waals surface area contributed by atoms with Crippen molar-refractivity contribution >= 4 is 27.5 Å². The Labute approximate surface area is 149 Å². The van der Waals surface area contributed by atoms with Gasteiger partial charge in [-0.25, -0.2) is 0 Å². The minimum absolute atomic E-state index is 0.192. The highest BCUT2D eigenvalue weighted by molar-refractivity contribution is 9.10. The van der Waals surface area contributed by atoms with Gasteiger partial charge in [-0.3, -0.25) is 4.79 Å². The van der Waals surface area contributed by atoms with Gasteiger partial charge in [0.15, 0.2) is 5.75 Å². The van der Waals surface area contributed by atoms with E-state index in [0.717, 1.165) is 15.8 Å². The number of hydrogen-bond donors (Lipinski definition) is 1. The zero-order valence-corrected chi connectivity index (χ0v) is 14.7. The molecule has 0 bridgehead atoms. The second-order valence-corrected chi connectivity index (χ2v) is 6.20. The number of amides is 1. The summed E-state index contributed by atoms with van der Waals surface area (Å²) in [5.41, 5.74) is 2.36. The SMILES string of the molecule is Cc1ccc(Oc2ccccc2NC(=O)c2ccccc2Br)cc1. The number of carbonyl (C=O) groups is 1. The van der Waals surface area contributed by atoms with Gasteiger partial charge in [0, 0.05) is 4.47 Å². The fraction of sp³-hybridized carbons (Fsp3) is 0.0500. The van der Waals surface area contributed by atoms with Crippen LogP contribution in [-0.4, -0.2) is 5.91 Å². The van der Waals surface area contributed by atoms with Gasteiger partial charge >= 0.3 is 0 Å². The lowest BCUT2D eigenvalue weighted by Gasteiger charge is -2.13. The summed E-state index contributed by atoms with van der Waals surface area (Å²) in [6.45, 7) is 2.02. The zero-order valence-electron chi connectivity index (χ0n) is 13.1. The van der Waals surface area contributed by atoms with Crippen molar-refractivity contribution in [3.05, 3.63) is 88.4 Å². The molecule has 3 aromatic carbocycles. The van der Waals surface area contributed by atoms with E-state index in [0.29, 0.717) is 17.0 Å². The summed E-state index contributed by atoms with van der Waals surface area (Å²) < 4.78 is 6.65. The third-order valence-electron chi connectivity index (χ3n) is 3.50. The van der Waals surface area contributed by atoms with E-state index in [1.165, 1.54) is 0 Å². The van der Waals surface area contributed by atoms with Crippen LogP contribution in [0.4, 0.5) is 5.69 Å². The first-order chi connectivity index (χ1) is 11.6. The van der Waals surface area contributed by atoms with Gasteiger partial charge in [0.25, 0.3) is 5.91 Å². The van der Waals surface area contributed by atoms with E-state index < -0.39 is 0 Å². The lowest BCUT2D eigenvalue weighted by Crippen LogP contribution is -2.13. The van der Waals surface area contributed by atoms with Crippen molar-refractivity contribution in [2.75, 3.05) is 5.32 Å². The zero-order chi connectivity index (χ0) is 16.9. The Balaban J connectivity index is 1.83. The molecule has 0 atom stereocenters. The van der Waals surface area contributed by atoms with Crippen LogP contribution >= 0.6 is 15.9 Å². The first-order valence-electron chi connectivity index (χ1n) is 7.53. The largest absolute Gasteiger partial charge is 0.455 e. The standard InChI is InChI=1S/C20H16BrNO2/c1-14-10-12-15(13-11-14)24-19-9-5-4-8-18(19)22-20(23)16-6-2-3-7-17(16)21/h2-13H,1H3,(H,22,23). The van der Waals surface area contributed by atoms with Gasteiger partial charge in [0.1, 0.15) is 5.75 Å². The lowest BCUT2D eigenvalue weighted by molar-refractivity contribution is 0.102. The summed E-state index contributed by atoms with van der Waals surface area (Å²) in [5, 5.41) is 2.91. The van der Waals surface area contributed by atoms with Crippen LogP contribution in [-0.2, 0) is 0 Å². The Morgan fingerprint density at radius 1 is 0.917 bits per heavy atom. The number of benzene rings is 3. The molecule has 3 aromatic rings. The minimum atomic E-state index is -0.192. The van der Waals surface area contributed by atoms with Crippen LogP contribution in [0.5, 0.6) is 11.5 Å². The third-order valence-corrected chi connectivity index (χ3v) is 4.19. The van der Waals surface area contributed by atoms with Crippen molar-refractivity contribution in [2.45, 2.75) is 6.92 Å². The number of aryl methyl sites for hydroxylation is 1. The van der Waals surface area contributed by atoms with Gasteiger partial charge in [-0.2, -0.15) is 0 Å². The van der Waals surface area contributed by atoms with Gasteiger partial charge in [-0.1, -0.05) is 42.0 Å². The summed E-state index contributed by atoms with van der Waals surface area (Å²) in [5.74, 6) is 1.13. The second-order valence-electron chi connectivity index (χ2n) is 5.35. The Bertz CT molecular complexity index is 860. The topological polar surface area (TPSA) is 38.3 Å². The number of halogens is 1. The third kappa shape index (κ3) is 3.84. The summed E-state index contributed by atoms with van der Waals surface area (Å²) in [7, 11) is 0. The first kappa shape index (κ1) is 16.3. The molecule has 0 radical (unpaired) electrons. The highest BCUT2D eigenvalue weighted by Crippen LogP contribution is 2.30. The molecule has 0 fully saturated rings. The van der Waals surface area contributed by atoms with E-state index in [-0.39, 0.29) is 5.91 Å². The van der Waals surface area contributed by atoms with E-state index in [2.05, 4.69) is 21.2 Å². The predicted molar refractivity (Wildman–Crippen MR) is 99.8 cm³/mol. The van der Waals surface area contributed by atoms with Crippen molar-refractivity contribution in [3.63, 3.8) is 0 Å². The maximum Gasteiger partial charge on any atom is 0.256 e. The fourth-order valence-electron chi connectivity index (χ4n) is 2.23.